The Morgan fingerprint density at radius 2 is 1.95 bits per heavy atom. The van der Waals surface area contributed by atoms with Crippen molar-refractivity contribution >= 4 is 39.1 Å². The summed E-state index contributed by atoms with van der Waals surface area (Å²) in [4.78, 5) is 11.9. The van der Waals surface area contributed by atoms with Crippen LogP contribution in [0.15, 0.2) is 40.9 Å². The Balaban J connectivity index is 2.09. The normalized spacial score (nSPS) is 10.4. The Kier molecular flexibility index (Phi) is 4.73. The molecule has 0 saturated heterocycles. The Labute approximate surface area is 127 Å². The topological polar surface area (TPSA) is 29.1 Å². The van der Waals surface area contributed by atoms with E-state index in [1.807, 2.05) is 0 Å². The molecule has 0 aliphatic rings. The van der Waals surface area contributed by atoms with Gasteiger partial charge in [-0.15, -0.1) is 0 Å². The first-order valence-electron chi connectivity index (χ1n) is 5.65. The van der Waals surface area contributed by atoms with Crippen molar-refractivity contribution in [2.24, 2.45) is 0 Å². The summed E-state index contributed by atoms with van der Waals surface area (Å²) >= 11 is 9.17. The first-order valence-corrected chi connectivity index (χ1v) is 6.82. The van der Waals surface area contributed by atoms with Gasteiger partial charge in [-0.05, 0) is 45.8 Å². The first kappa shape index (κ1) is 14.9. The zero-order chi connectivity index (χ0) is 14.7. The van der Waals surface area contributed by atoms with Crippen molar-refractivity contribution in [1.82, 2.24) is 0 Å². The second-order valence-electron chi connectivity index (χ2n) is 4.07. The Morgan fingerprint density at radius 3 is 2.65 bits per heavy atom. The van der Waals surface area contributed by atoms with Crippen molar-refractivity contribution in [3.05, 3.63) is 63.1 Å². The molecule has 20 heavy (non-hydrogen) atoms. The molecule has 0 atom stereocenters. The summed E-state index contributed by atoms with van der Waals surface area (Å²) in [5.41, 5.74) is 0.907. The first-order chi connectivity index (χ1) is 9.47. The summed E-state index contributed by atoms with van der Waals surface area (Å²) in [6, 6.07) is 8.41. The van der Waals surface area contributed by atoms with Crippen LogP contribution in [0.4, 0.5) is 14.5 Å². The third-order valence-corrected chi connectivity index (χ3v) is 3.97. The molecule has 6 heteroatoms. The van der Waals surface area contributed by atoms with Gasteiger partial charge in [0, 0.05) is 0 Å². The number of anilines is 1. The molecule has 2 aromatic carbocycles. The summed E-state index contributed by atoms with van der Waals surface area (Å²) < 4.78 is 26.4. The van der Waals surface area contributed by atoms with Crippen molar-refractivity contribution in [1.29, 1.82) is 0 Å². The van der Waals surface area contributed by atoms with Crippen molar-refractivity contribution in [3.8, 4) is 0 Å². The molecule has 0 unspecified atom stereocenters. The minimum atomic E-state index is -0.973. The molecule has 0 spiro atoms. The van der Waals surface area contributed by atoms with Crippen LogP contribution < -0.4 is 5.32 Å². The number of amides is 1. The van der Waals surface area contributed by atoms with Crippen molar-refractivity contribution in [2.75, 3.05) is 5.32 Å². The van der Waals surface area contributed by atoms with Gasteiger partial charge in [0.25, 0.3) is 0 Å². The van der Waals surface area contributed by atoms with E-state index in [9.17, 15) is 13.6 Å². The Hall–Kier alpha value is -1.46. The van der Waals surface area contributed by atoms with Crippen LogP contribution in [0.5, 0.6) is 0 Å². The van der Waals surface area contributed by atoms with Gasteiger partial charge in [0.1, 0.15) is 0 Å². The summed E-state index contributed by atoms with van der Waals surface area (Å²) in [6.45, 7) is 0. The number of halogens is 4. The molecular weight excluding hydrogens is 352 g/mol. The maximum absolute atomic E-state index is 13.0. The van der Waals surface area contributed by atoms with Crippen LogP contribution in [-0.4, -0.2) is 5.91 Å². The van der Waals surface area contributed by atoms with E-state index in [0.29, 0.717) is 20.7 Å². The minimum absolute atomic E-state index is 0.0594. The standard InChI is InChI=1S/C14H9BrClF2NO/c15-14-9(16)2-1-3-12(14)19-13(20)7-8-4-5-10(17)11(18)6-8/h1-6H,7H2,(H,19,20). The molecule has 1 N–H and O–H groups in total. The van der Waals surface area contributed by atoms with E-state index >= 15 is 0 Å². The van der Waals surface area contributed by atoms with Gasteiger partial charge in [0.15, 0.2) is 11.6 Å². The van der Waals surface area contributed by atoms with E-state index in [4.69, 9.17) is 11.6 Å². The lowest BCUT2D eigenvalue weighted by molar-refractivity contribution is -0.115. The van der Waals surface area contributed by atoms with Crippen LogP contribution >= 0.6 is 27.5 Å². The zero-order valence-electron chi connectivity index (χ0n) is 10.1. The summed E-state index contributed by atoms with van der Waals surface area (Å²) in [5.74, 6) is -2.26. The fourth-order valence-corrected chi connectivity index (χ4v) is 2.17. The van der Waals surface area contributed by atoms with Gasteiger partial charge in [0.05, 0.1) is 21.6 Å². The number of nitrogens with one attached hydrogen (secondary N) is 1. The van der Waals surface area contributed by atoms with Crippen LogP contribution in [0.3, 0.4) is 0 Å². The number of carbonyl (C=O) groups is 1. The number of hydrogen-bond acceptors (Lipinski definition) is 1. The lowest BCUT2D eigenvalue weighted by Crippen LogP contribution is -2.15. The monoisotopic (exact) mass is 359 g/mol. The van der Waals surface area contributed by atoms with Crippen LogP contribution in [-0.2, 0) is 11.2 Å². The molecule has 2 rings (SSSR count). The predicted molar refractivity (Wildman–Crippen MR) is 77.8 cm³/mol. The minimum Gasteiger partial charge on any atom is -0.325 e. The second kappa shape index (κ2) is 6.33. The third-order valence-electron chi connectivity index (χ3n) is 2.57. The fourth-order valence-electron chi connectivity index (χ4n) is 1.63. The molecule has 0 bridgehead atoms. The molecule has 1 amide bonds. The average Bonchev–Trinajstić information content (AvgIpc) is 2.39. The van der Waals surface area contributed by atoms with Gasteiger partial charge in [-0.2, -0.15) is 0 Å². The molecule has 2 nitrogen and oxygen atoms in total. The van der Waals surface area contributed by atoms with Gasteiger partial charge >= 0.3 is 0 Å². The van der Waals surface area contributed by atoms with Crippen LogP contribution in [0.2, 0.25) is 5.02 Å². The zero-order valence-corrected chi connectivity index (χ0v) is 12.4. The van der Waals surface area contributed by atoms with Crippen molar-refractivity contribution in [2.45, 2.75) is 6.42 Å². The van der Waals surface area contributed by atoms with Gasteiger partial charge in [0.2, 0.25) is 5.91 Å². The van der Waals surface area contributed by atoms with Crippen LogP contribution in [0.25, 0.3) is 0 Å². The lowest BCUT2D eigenvalue weighted by atomic mass is 10.1. The molecule has 0 saturated carbocycles. The quantitative estimate of drug-likeness (QED) is 0.854. The van der Waals surface area contributed by atoms with E-state index in [-0.39, 0.29) is 12.3 Å². The van der Waals surface area contributed by atoms with Crippen LogP contribution in [0.1, 0.15) is 5.56 Å². The Morgan fingerprint density at radius 1 is 1.20 bits per heavy atom. The molecule has 0 radical (unpaired) electrons. The third kappa shape index (κ3) is 3.55. The van der Waals surface area contributed by atoms with Gasteiger partial charge < -0.3 is 5.32 Å². The summed E-state index contributed by atoms with van der Waals surface area (Å²) in [6.07, 6.45) is -0.0594. The number of rotatable bonds is 3. The second-order valence-corrected chi connectivity index (χ2v) is 5.27. The number of hydrogen-bond donors (Lipinski definition) is 1. The van der Waals surface area contributed by atoms with E-state index in [2.05, 4.69) is 21.2 Å². The molecule has 0 fully saturated rings. The molecule has 104 valence electrons. The molecule has 0 aromatic heterocycles. The number of carbonyl (C=O) groups excluding carboxylic acids is 1. The maximum Gasteiger partial charge on any atom is 0.228 e. The van der Waals surface area contributed by atoms with E-state index in [1.165, 1.54) is 6.07 Å². The highest BCUT2D eigenvalue weighted by atomic mass is 79.9. The van der Waals surface area contributed by atoms with E-state index in [1.54, 1.807) is 18.2 Å². The highest BCUT2D eigenvalue weighted by Crippen LogP contribution is 2.30. The fraction of sp³-hybridized carbons (Fsp3) is 0.0714. The smallest absolute Gasteiger partial charge is 0.228 e. The van der Waals surface area contributed by atoms with Crippen molar-refractivity contribution in [3.63, 3.8) is 0 Å². The van der Waals surface area contributed by atoms with Gasteiger partial charge in [-0.1, -0.05) is 23.7 Å². The summed E-state index contributed by atoms with van der Waals surface area (Å²) in [5, 5.41) is 3.12. The molecule has 2 aromatic rings. The highest BCUT2D eigenvalue weighted by Gasteiger charge is 2.10. The van der Waals surface area contributed by atoms with Gasteiger partial charge in [-0.3, -0.25) is 4.79 Å². The molecular formula is C14H9BrClF2NO. The van der Waals surface area contributed by atoms with Gasteiger partial charge in [-0.25, -0.2) is 8.78 Å². The largest absolute Gasteiger partial charge is 0.325 e. The SMILES string of the molecule is O=C(Cc1ccc(F)c(F)c1)Nc1cccc(Cl)c1Br. The molecule has 0 aliphatic carbocycles. The number of benzene rings is 2. The maximum atomic E-state index is 13.0. The Bertz CT molecular complexity index is 664. The van der Waals surface area contributed by atoms with Crippen molar-refractivity contribution < 1.29 is 13.6 Å². The predicted octanol–water partition coefficient (Wildman–Crippen LogP) is 4.56. The highest BCUT2D eigenvalue weighted by molar-refractivity contribution is 9.10. The van der Waals surface area contributed by atoms with Crippen LogP contribution in [0, 0.1) is 11.6 Å². The van der Waals surface area contributed by atoms with E-state index in [0.717, 1.165) is 12.1 Å². The van der Waals surface area contributed by atoms with E-state index < -0.39 is 11.6 Å². The molecule has 0 aliphatic heterocycles. The summed E-state index contributed by atoms with van der Waals surface area (Å²) in [7, 11) is 0. The molecule has 0 heterocycles. The lowest BCUT2D eigenvalue weighted by Gasteiger charge is -2.08. The average molecular weight is 361 g/mol.